The number of benzene rings is 1. The predicted octanol–water partition coefficient (Wildman–Crippen LogP) is 3.87. The molecule has 0 aliphatic rings. The molecule has 8 heteroatoms. The third-order valence-corrected chi connectivity index (χ3v) is 5.43. The van der Waals surface area contributed by atoms with E-state index in [-0.39, 0.29) is 17.7 Å². The Morgan fingerprint density at radius 2 is 2.04 bits per heavy atom. The minimum Gasteiger partial charge on any atom is -0.497 e. The molecule has 28 heavy (non-hydrogen) atoms. The smallest absolute Gasteiger partial charge is 0.249 e. The zero-order valence-corrected chi connectivity index (χ0v) is 17.6. The van der Waals surface area contributed by atoms with Gasteiger partial charge in [0.2, 0.25) is 16.9 Å². The monoisotopic (exact) mass is 404 g/mol. The Hall–Kier alpha value is -2.48. The van der Waals surface area contributed by atoms with Crippen LogP contribution in [-0.2, 0) is 9.59 Å². The van der Waals surface area contributed by atoms with Gasteiger partial charge < -0.3 is 10.1 Å². The van der Waals surface area contributed by atoms with Crippen LogP contribution in [0, 0.1) is 5.92 Å². The second-order valence-corrected chi connectivity index (χ2v) is 7.65. The molecule has 0 bridgehead atoms. The number of methoxy groups -OCH3 is 1. The van der Waals surface area contributed by atoms with Gasteiger partial charge in [-0.1, -0.05) is 57.1 Å². The number of anilines is 1. The van der Waals surface area contributed by atoms with Crippen LogP contribution in [0.5, 0.6) is 5.75 Å². The molecule has 152 valence electrons. The number of amides is 2. The molecule has 0 aliphatic carbocycles. The van der Waals surface area contributed by atoms with Crippen LogP contribution in [0.15, 0.2) is 24.3 Å². The lowest BCUT2D eigenvalue weighted by Gasteiger charge is -2.22. The van der Waals surface area contributed by atoms with E-state index in [1.54, 1.807) is 7.11 Å². The number of hydrogen-bond donors (Lipinski definition) is 2. The van der Waals surface area contributed by atoms with Crippen molar-refractivity contribution >= 4 is 28.3 Å². The Morgan fingerprint density at radius 1 is 1.25 bits per heavy atom. The lowest BCUT2D eigenvalue weighted by molar-refractivity contribution is -0.127. The molecule has 2 aromatic rings. The number of nitrogens with zero attached hydrogens (tertiary/aromatic N) is 2. The molecule has 0 fully saturated rings. The first-order valence-electron chi connectivity index (χ1n) is 9.56. The lowest BCUT2D eigenvalue weighted by atomic mass is 9.98. The van der Waals surface area contributed by atoms with E-state index in [9.17, 15) is 9.59 Å². The van der Waals surface area contributed by atoms with Crippen molar-refractivity contribution in [2.24, 2.45) is 5.92 Å². The third kappa shape index (κ3) is 6.02. The fourth-order valence-corrected chi connectivity index (χ4v) is 3.36. The van der Waals surface area contributed by atoms with Gasteiger partial charge >= 0.3 is 0 Å². The van der Waals surface area contributed by atoms with Gasteiger partial charge in [0.05, 0.1) is 7.11 Å². The summed E-state index contributed by atoms with van der Waals surface area (Å²) in [5.74, 6) is 0.366. The van der Waals surface area contributed by atoms with Crippen molar-refractivity contribution < 1.29 is 14.3 Å². The van der Waals surface area contributed by atoms with Gasteiger partial charge in [0.15, 0.2) is 0 Å². The van der Waals surface area contributed by atoms with Crippen LogP contribution in [0.25, 0.3) is 10.6 Å². The Balaban J connectivity index is 2.08. The van der Waals surface area contributed by atoms with Crippen LogP contribution >= 0.6 is 11.3 Å². The van der Waals surface area contributed by atoms with Crippen LogP contribution in [0.4, 0.5) is 5.13 Å². The van der Waals surface area contributed by atoms with Gasteiger partial charge in [0, 0.05) is 12.0 Å². The normalized spacial score (nSPS) is 12.9. The summed E-state index contributed by atoms with van der Waals surface area (Å²) in [6, 6.07) is 6.90. The van der Waals surface area contributed by atoms with Crippen LogP contribution in [0.3, 0.4) is 0 Å². The van der Waals surface area contributed by atoms with Crippen LogP contribution < -0.4 is 15.4 Å². The predicted molar refractivity (Wildman–Crippen MR) is 111 cm³/mol. The molecule has 2 atom stereocenters. The summed E-state index contributed by atoms with van der Waals surface area (Å²) in [5, 5.41) is 15.0. The van der Waals surface area contributed by atoms with E-state index in [0.717, 1.165) is 30.6 Å². The van der Waals surface area contributed by atoms with Crippen molar-refractivity contribution in [3.05, 3.63) is 24.3 Å². The number of aromatic nitrogens is 2. The topological polar surface area (TPSA) is 93.2 Å². The van der Waals surface area contributed by atoms with Crippen molar-refractivity contribution in [1.82, 2.24) is 15.5 Å². The first-order valence-corrected chi connectivity index (χ1v) is 10.4. The molecule has 1 heterocycles. The molecule has 0 saturated heterocycles. The number of carbonyl (C=O) groups excluding carboxylic acids is 2. The second-order valence-electron chi connectivity index (χ2n) is 6.67. The van der Waals surface area contributed by atoms with Crippen molar-refractivity contribution in [2.45, 2.75) is 52.5 Å². The van der Waals surface area contributed by atoms with Crippen molar-refractivity contribution in [3.8, 4) is 16.3 Å². The number of hydrogen-bond acceptors (Lipinski definition) is 6. The van der Waals surface area contributed by atoms with E-state index in [4.69, 9.17) is 4.74 Å². The van der Waals surface area contributed by atoms with Crippen molar-refractivity contribution in [2.75, 3.05) is 12.4 Å². The lowest BCUT2D eigenvalue weighted by Crippen LogP contribution is -2.47. The van der Waals surface area contributed by atoms with Gasteiger partial charge in [-0.25, -0.2) is 0 Å². The Kier molecular flexibility index (Phi) is 8.38. The maximum absolute atomic E-state index is 12.8. The molecule has 2 N–H and O–H groups in total. The van der Waals surface area contributed by atoms with E-state index in [0.29, 0.717) is 16.6 Å². The highest BCUT2D eigenvalue weighted by Gasteiger charge is 2.26. The summed E-state index contributed by atoms with van der Waals surface area (Å²) in [7, 11) is 1.61. The Labute approximate surface area is 169 Å². The van der Waals surface area contributed by atoms with Gasteiger partial charge in [-0.2, -0.15) is 0 Å². The average molecular weight is 405 g/mol. The summed E-state index contributed by atoms with van der Waals surface area (Å²) >= 11 is 1.28. The molecule has 2 amide bonds. The van der Waals surface area contributed by atoms with Crippen LogP contribution in [0.2, 0.25) is 0 Å². The molecule has 0 aliphatic heterocycles. The quantitative estimate of drug-likeness (QED) is 0.627. The zero-order chi connectivity index (χ0) is 20.5. The Morgan fingerprint density at radius 3 is 2.71 bits per heavy atom. The number of unbranched alkanes of at least 4 members (excludes halogenated alkanes) is 1. The van der Waals surface area contributed by atoms with E-state index in [2.05, 4.69) is 20.8 Å². The SMILES string of the molecule is CCCCC(=O)N[C@@H](C(=O)Nc1nnc(-c2cccc(OC)c2)s1)[C@@H](C)CC. The fraction of sp³-hybridized carbons (Fsp3) is 0.500. The molecule has 2 rings (SSSR count). The number of rotatable bonds is 10. The second kappa shape index (κ2) is 10.8. The minimum atomic E-state index is -0.599. The van der Waals surface area contributed by atoms with Gasteiger partial charge in [0.1, 0.15) is 16.8 Å². The fourth-order valence-electron chi connectivity index (χ4n) is 2.61. The Bertz CT molecular complexity index is 793. The third-order valence-electron chi connectivity index (χ3n) is 4.54. The first-order chi connectivity index (χ1) is 13.5. The molecule has 1 aromatic carbocycles. The summed E-state index contributed by atoms with van der Waals surface area (Å²) in [5.41, 5.74) is 0.865. The largest absolute Gasteiger partial charge is 0.497 e. The molecule has 0 radical (unpaired) electrons. The summed E-state index contributed by atoms with van der Waals surface area (Å²) in [6.07, 6.45) is 2.94. The van der Waals surface area contributed by atoms with Crippen molar-refractivity contribution in [1.29, 1.82) is 0 Å². The van der Waals surface area contributed by atoms with E-state index in [1.807, 2.05) is 45.0 Å². The molecular formula is C20H28N4O3S. The molecule has 0 spiro atoms. The molecule has 7 nitrogen and oxygen atoms in total. The molecule has 1 aromatic heterocycles. The van der Waals surface area contributed by atoms with Gasteiger partial charge in [0.25, 0.3) is 0 Å². The van der Waals surface area contributed by atoms with E-state index >= 15 is 0 Å². The van der Waals surface area contributed by atoms with Crippen LogP contribution in [-0.4, -0.2) is 35.2 Å². The van der Waals surface area contributed by atoms with Crippen LogP contribution in [0.1, 0.15) is 46.5 Å². The van der Waals surface area contributed by atoms with E-state index in [1.165, 1.54) is 11.3 Å². The van der Waals surface area contributed by atoms with Gasteiger partial charge in [-0.05, 0) is 24.5 Å². The molecular weight excluding hydrogens is 376 g/mol. The average Bonchev–Trinajstić information content (AvgIpc) is 3.18. The molecule has 0 saturated carbocycles. The summed E-state index contributed by atoms with van der Waals surface area (Å²) in [4.78, 5) is 24.9. The molecule has 0 unspecified atom stereocenters. The standard InChI is InChI=1S/C20H28N4O3S/c1-5-7-11-16(25)21-17(13(3)6-2)18(26)22-20-24-23-19(28-20)14-9-8-10-15(12-14)27-4/h8-10,12-13,17H,5-7,11H2,1-4H3,(H,21,25)(H,22,24,26)/t13-,17+/m0/s1. The summed E-state index contributed by atoms with van der Waals surface area (Å²) < 4.78 is 5.23. The summed E-state index contributed by atoms with van der Waals surface area (Å²) in [6.45, 7) is 5.97. The highest BCUT2D eigenvalue weighted by Crippen LogP contribution is 2.29. The highest BCUT2D eigenvalue weighted by molar-refractivity contribution is 7.18. The number of ether oxygens (including phenoxy) is 1. The van der Waals surface area contributed by atoms with Gasteiger partial charge in [-0.15, -0.1) is 10.2 Å². The number of carbonyl (C=O) groups is 2. The van der Waals surface area contributed by atoms with E-state index < -0.39 is 6.04 Å². The van der Waals surface area contributed by atoms with Gasteiger partial charge in [-0.3, -0.25) is 14.9 Å². The maximum atomic E-state index is 12.8. The maximum Gasteiger partial charge on any atom is 0.249 e. The first kappa shape index (κ1) is 21.8. The zero-order valence-electron chi connectivity index (χ0n) is 16.8. The number of nitrogens with one attached hydrogen (secondary N) is 2. The highest BCUT2D eigenvalue weighted by atomic mass is 32.1. The minimum absolute atomic E-state index is 0.0105. The van der Waals surface area contributed by atoms with Crippen molar-refractivity contribution in [3.63, 3.8) is 0 Å².